The molecular formula is C12H16ClN3O3. The summed E-state index contributed by atoms with van der Waals surface area (Å²) in [4.78, 5) is 22.0. The molecule has 6 nitrogen and oxygen atoms in total. The van der Waals surface area contributed by atoms with E-state index in [0.717, 1.165) is 5.56 Å². The fourth-order valence-electron chi connectivity index (χ4n) is 1.40. The average Bonchev–Trinajstić information content (AvgIpc) is 2.38. The quantitative estimate of drug-likeness (QED) is 0.585. The average molecular weight is 286 g/mol. The van der Waals surface area contributed by atoms with Gasteiger partial charge in [-0.3, -0.25) is 4.79 Å². The maximum absolute atomic E-state index is 11.3. The summed E-state index contributed by atoms with van der Waals surface area (Å²) in [5, 5.41) is 13.9. The summed E-state index contributed by atoms with van der Waals surface area (Å²) in [5.74, 6) is -0.693. The van der Waals surface area contributed by atoms with Gasteiger partial charge in [0, 0.05) is 18.1 Å². The van der Waals surface area contributed by atoms with E-state index in [-0.39, 0.29) is 12.5 Å². The fraction of sp³-hybridized carbons (Fsp3) is 0.333. The van der Waals surface area contributed by atoms with Crippen molar-refractivity contribution < 1.29 is 14.7 Å². The molecule has 0 aliphatic rings. The third-order valence-corrected chi connectivity index (χ3v) is 2.55. The van der Waals surface area contributed by atoms with Crippen LogP contribution in [0.5, 0.6) is 0 Å². The molecular weight excluding hydrogens is 270 g/mol. The van der Waals surface area contributed by atoms with Gasteiger partial charge in [-0.25, -0.2) is 4.79 Å². The number of carbonyl (C=O) groups is 2. The van der Waals surface area contributed by atoms with Crippen LogP contribution in [-0.4, -0.2) is 35.6 Å². The van der Waals surface area contributed by atoms with Crippen molar-refractivity contribution in [2.45, 2.75) is 12.5 Å². The van der Waals surface area contributed by atoms with Gasteiger partial charge in [0.25, 0.3) is 0 Å². The van der Waals surface area contributed by atoms with Crippen molar-refractivity contribution in [1.29, 1.82) is 0 Å². The van der Waals surface area contributed by atoms with Gasteiger partial charge in [0.15, 0.2) is 0 Å². The predicted molar refractivity (Wildman–Crippen MR) is 73.5 cm³/mol. The summed E-state index contributed by atoms with van der Waals surface area (Å²) in [5.41, 5.74) is 6.83. The SMILES string of the molecule is N[C@@H](Cc1ccc(NC(=O)NCCCl)cc1)C(=O)O. The molecule has 0 unspecified atom stereocenters. The van der Waals surface area contributed by atoms with Crippen molar-refractivity contribution in [2.24, 2.45) is 5.73 Å². The number of benzene rings is 1. The number of aliphatic carboxylic acids is 1. The molecule has 19 heavy (non-hydrogen) atoms. The van der Waals surface area contributed by atoms with E-state index in [4.69, 9.17) is 22.4 Å². The van der Waals surface area contributed by atoms with Crippen LogP contribution in [0.25, 0.3) is 0 Å². The van der Waals surface area contributed by atoms with Gasteiger partial charge in [-0.2, -0.15) is 0 Å². The molecule has 104 valence electrons. The summed E-state index contributed by atoms with van der Waals surface area (Å²) >= 11 is 5.44. The van der Waals surface area contributed by atoms with E-state index in [0.29, 0.717) is 18.1 Å². The molecule has 0 fully saturated rings. The molecule has 0 aliphatic heterocycles. The second kappa shape index (κ2) is 7.60. The lowest BCUT2D eigenvalue weighted by Crippen LogP contribution is -2.32. The number of anilines is 1. The van der Waals surface area contributed by atoms with Crippen LogP contribution >= 0.6 is 11.6 Å². The van der Waals surface area contributed by atoms with E-state index < -0.39 is 12.0 Å². The molecule has 5 N–H and O–H groups in total. The second-order valence-corrected chi connectivity index (χ2v) is 4.29. The molecule has 1 aromatic carbocycles. The zero-order valence-electron chi connectivity index (χ0n) is 10.2. The Kier molecular flexibility index (Phi) is 6.11. The third kappa shape index (κ3) is 5.58. The number of amides is 2. The lowest BCUT2D eigenvalue weighted by Gasteiger charge is -2.09. The smallest absolute Gasteiger partial charge is 0.320 e. The maximum atomic E-state index is 11.3. The Hall–Kier alpha value is -1.79. The summed E-state index contributed by atoms with van der Waals surface area (Å²) < 4.78 is 0. The molecule has 7 heteroatoms. The number of rotatable bonds is 6. The molecule has 0 bridgehead atoms. The summed E-state index contributed by atoms with van der Waals surface area (Å²) in [7, 11) is 0. The maximum Gasteiger partial charge on any atom is 0.320 e. The predicted octanol–water partition coefficient (Wildman–Crippen LogP) is 1.00. The number of carboxylic acid groups (broad SMARTS) is 1. The molecule has 0 saturated heterocycles. The Labute approximate surface area is 115 Å². The number of carbonyl (C=O) groups excluding carboxylic acids is 1. The number of nitrogens with one attached hydrogen (secondary N) is 2. The topological polar surface area (TPSA) is 104 Å². The number of hydrogen-bond acceptors (Lipinski definition) is 3. The van der Waals surface area contributed by atoms with Crippen LogP contribution in [0.1, 0.15) is 5.56 Å². The lowest BCUT2D eigenvalue weighted by molar-refractivity contribution is -0.138. The number of carboxylic acids is 1. The first-order valence-corrected chi connectivity index (χ1v) is 6.24. The molecule has 2 amide bonds. The molecule has 0 saturated carbocycles. The van der Waals surface area contributed by atoms with Crippen molar-refractivity contribution in [3.63, 3.8) is 0 Å². The van der Waals surface area contributed by atoms with Crippen LogP contribution in [0.15, 0.2) is 24.3 Å². The number of hydrogen-bond donors (Lipinski definition) is 4. The summed E-state index contributed by atoms with van der Waals surface area (Å²) in [6, 6.07) is 5.55. The first kappa shape index (κ1) is 15.3. The van der Waals surface area contributed by atoms with Crippen LogP contribution in [-0.2, 0) is 11.2 Å². The highest BCUT2D eigenvalue weighted by Gasteiger charge is 2.11. The minimum Gasteiger partial charge on any atom is -0.480 e. The third-order valence-electron chi connectivity index (χ3n) is 2.36. The summed E-state index contributed by atoms with van der Waals surface area (Å²) in [6.45, 7) is 0.388. The molecule has 1 atom stereocenters. The van der Waals surface area contributed by atoms with Crippen LogP contribution in [0.4, 0.5) is 10.5 Å². The van der Waals surface area contributed by atoms with Crippen molar-refractivity contribution in [2.75, 3.05) is 17.7 Å². The van der Waals surface area contributed by atoms with Gasteiger partial charge in [-0.15, -0.1) is 11.6 Å². The normalized spacial score (nSPS) is 11.7. The van der Waals surface area contributed by atoms with Gasteiger partial charge in [-0.1, -0.05) is 12.1 Å². The number of nitrogens with two attached hydrogens (primary N) is 1. The van der Waals surface area contributed by atoms with E-state index >= 15 is 0 Å². The standard InChI is InChI=1S/C12H16ClN3O3/c13-5-6-15-12(19)16-9-3-1-8(2-4-9)7-10(14)11(17)18/h1-4,10H,5-7,14H2,(H,17,18)(H2,15,16,19)/t10-/m0/s1. The number of urea groups is 1. The van der Waals surface area contributed by atoms with Crippen LogP contribution < -0.4 is 16.4 Å². The highest BCUT2D eigenvalue weighted by atomic mass is 35.5. The number of halogens is 1. The van der Waals surface area contributed by atoms with Crippen molar-refractivity contribution >= 4 is 29.3 Å². The monoisotopic (exact) mass is 285 g/mol. The molecule has 0 spiro atoms. The van der Waals surface area contributed by atoms with E-state index in [1.807, 2.05) is 0 Å². The summed E-state index contributed by atoms with van der Waals surface area (Å²) in [6.07, 6.45) is 0.244. The molecule has 0 radical (unpaired) electrons. The highest BCUT2D eigenvalue weighted by molar-refractivity contribution is 6.18. The Bertz CT molecular complexity index is 436. The lowest BCUT2D eigenvalue weighted by atomic mass is 10.1. The van der Waals surface area contributed by atoms with Crippen LogP contribution in [0.2, 0.25) is 0 Å². The molecule has 1 rings (SSSR count). The van der Waals surface area contributed by atoms with E-state index in [9.17, 15) is 9.59 Å². The zero-order valence-corrected chi connectivity index (χ0v) is 11.0. The number of alkyl halides is 1. The Balaban J connectivity index is 2.52. The fourth-order valence-corrected chi connectivity index (χ4v) is 1.50. The molecule has 0 aromatic heterocycles. The Morgan fingerprint density at radius 1 is 1.32 bits per heavy atom. The Morgan fingerprint density at radius 2 is 1.95 bits per heavy atom. The van der Waals surface area contributed by atoms with Crippen molar-refractivity contribution in [3.05, 3.63) is 29.8 Å². The van der Waals surface area contributed by atoms with Crippen molar-refractivity contribution in [1.82, 2.24) is 5.32 Å². The van der Waals surface area contributed by atoms with Gasteiger partial charge >= 0.3 is 12.0 Å². The van der Waals surface area contributed by atoms with Crippen LogP contribution in [0, 0.1) is 0 Å². The van der Waals surface area contributed by atoms with E-state index in [1.165, 1.54) is 0 Å². The molecule has 0 heterocycles. The highest BCUT2D eigenvalue weighted by Crippen LogP contribution is 2.10. The second-order valence-electron chi connectivity index (χ2n) is 3.92. The Morgan fingerprint density at radius 3 is 2.47 bits per heavy atom. The zero-order chi connectivity index (χ0) is 14.3. The first-order valence-electron chi connectivity index (χ1n) is 5.71. The molecule has 0 aliphatic carbocycles. The van der Waals surface area contributed by atoms with Gasteiger partial charge in [0.2, 0.25) is 0 Å². The van der Waals surface area contributed by atoms with E-state index in [2.05, 4.69) is 10.6 Å². The van der Waals surface area contributed by atoms with Crippen molar-refractivity contribution in [3.8, 4) is 0 Å². The first-order chi connectivity index (χ1) is 9.02. The van der Waals surface area contributed by atoms with Gasteiger partial charge in [0.05, 0.1) is 0 Å². The van der Waals surface area contributed by atoms with Gasteiger partial charge in [-0.05, 0) is 24.1 Å². The largest absolute Gasteiger partial charge is 0.480 e. The molecule has 1 aromatic rings. The minimum absolute atomic E-state index is 0.244. The minimum atomic E-state index is -1.04. The van der Waals surface area contributed by atoms with Gasteiger partial charge in [0.1, 0.15) is 6.04 Å². The van der Waals surface area contributed by atoms with E-state index in [1.54, 1.807) is 24.3 Å². The van der Waals surface area contributed by atoms with Gasteiger partial charge < -0.3 is 21.5 Å². The van der Waals surface area contributed by atoms with Crippen LogP contribution in [0.3, 0.4) is 0 Å².